The SMILES string of the molecule is O=C(OCCOCCOCCOCCOCCOCCOCCOCCOCCOCCI)C(=O)c1ccccc1. The summed E-state index contributed by atoms with van der Waals surface area (Å²) in [5, 5.41) is 0. The van der Waals surface area contributed by atoms with Gasteiger partial charge in [0.05, 0.1) is 119 Å². The van der Waals surface area contributed by atoms with Crippen molar-refractivity contribution in [1.29, 1.82) is 0 Å². The van der Waals surface area contributed by atoms with Gasteiger partial charge >= 0.3 is 5.97 Å². The van der Waals surface area contributed by atoms with Crippen molar-refractivity contribution in [3.63, 3.8) is 0 Å². The summed E-state index contributed by atoms with van der Waals surface area (Å²) in [5.41, 5.74) is 0.298. The highest BCUT2D eigenvalue weighted by molar-refractivity contribution is 14.1. The quantitative estimate of drug-likeness (QED) is 0.0281. The van der Waals surface area contributed by atoms with E-state index in [1.807, 2.05) is 0 Å². The molecule has 0 fully saturated rings. The summed E-state index contributed by atoms with van der Waals surface area (Å²) >= 11 is 2.27. The number of rotatable bonds is 31. The minimum Gasteiger partial charge on any atom is -0.457 e. The molecule has 0 saturated carbocycles. The molecular weight excluding hydrogens is 655 g/mol. The van der Waals surface area contributed by atoms with Gasteiger partial charge in [-0.15, -0.1) is 0 Å². The number of alkyl halides is 1. The predicted molar refractivity (Wildman–Crippen MR) is 158 cm³/mol. The summed E-state index contributed by atoms with van der Waals surface area (Å²) in [6.07, 6.45) is 0. The van der Waals surface area contributed by atoms with Crippen LogP contribution < -0.4 is 0 Å². The molecule has 0 aliphatic heterocycles. The summed E-state index contributed by atoms with van der Waals surface area (Å²) in [5.74, 6) is -1.57. The van der Waals surface area contributed by atoms with Gasteiger partial charge < -0.3 is 47.4 Å². The Hall–Kier alpha value is -1.27. The Balaban J connectivity index is 1.69. The van der Waals surface area contributed by atoms with E-state index in [0.717, 1.165) is 11.0 Å². The highest BCUT2D eigenvalue weighted by Gasteiger charge is 2.17. The van der Waals surface area contributed by atoms with Gasteiger partial charge in [-0.3, -0.25) is 4.79 Å². The zero-order valence-electron chi connectivity index (χ0n) is 23.8. The third kappa shape index (κ3) is 25.0. The molecule has 13 heteroatoms. The number of esters is 1. The van der Waals surface area contributed by atoms with Gasteiger partial charge in [0.1, 0.15) is 6.61 Å². The first-order chi connectivity index (χ1) is 20.3. The third-order valence-corrected chi connectivity index (χ3v) is 5.32. The summed E-state index contributed by atoms with van der Waals surface area (Å²) in [6, 6.07) is 8.26. The lowest BCUT2D eigenvalue weighted by Crippen LogP contribution is -2.20. The maximum Gasteiger partial charge on any atom is 0.379 e. The topological polar surface area (TPSA) is 126 Å². The van der Waals surface area contributed by atoms with E-state index >= 15 is 0 Å². The minimum atomic E-state index is -0.894. The van der Waals surface area contributed by atoms with E-state index < -0.39 is 11.8 Å². The Morgan fingerprint density at radius 1 is 0.439 bits per heavy atom. The van der Waals surface area contributed by atoms with Crippen molar-refractivity contribution in [3.8, 4) is 0 Å². The summed E-state index contributed by atoms with van der Waals surface area (Å²) in [7, 11) is 0. The minimum absolute atomic E-state index is 0.00179. The Bertz CT molecular complexity index is 725. The van der Waals surface area contributed by atoms with Crippen LogP contribution in [0.5, 0.6) is 0 Å². The Morgan fingerprint density at radius 2 is 0.732 bits per heavy atom. The molecule has 0 amide bonds. The van der Waals surface area contributed by atoms with E-state index in [2.05, 4.69) is 22.6 Å². The largest absolute Gasteiger partial charge is 0.457 e. The lowest BCUT2D eigenvalue weighted by molar-refractivity contribution is -0.139. The van der Waals surface area contributed by atoms with Crippen LogP contribution in [-0.4, -0.2) is 142 Å². The zero-order chi connectivity index (χ0) is 29.5. The van der Waals surface area contributed by atoms with E-state index in [9.17, 15) is 9.59 Å². The van der Waals surface area contributed by atoms with Gasteiger partial charge in [0.2, 0.25) is 0 Å². The number of carbonyl (C=O) groups excluding carboxylic acids is 2. The first kappa shape index (κ1) is 37.8. The first-order valence-electron chi connectivity index (χ1n) is 13.8. The fourth-order valence-electron chi connectivity index (χ4n) is 2.88. The molecule has 1 aromatic carbocycles. The number of hydrogen-bond acceptors (Lipinski definition) is 12. The van der Waals surface area contributed by atoms with Crippen molar-refractivity contribution in [3.05, 3.63) is 35.9 Å². The molecule has 0 saturated heterocycles. The highest BCUT2D eigenvalue weighted by Crippen LogP contribution is 2.01. The Labute approximate surface area is 256 Å². The van der Waals surface area contributed by atoms with E-state index in [0.29, 0.717) is 111 Å². The van der Waals surface area contributed by atoms with Crippen LogP contribution in [0, 0.1) is 0 Å². The van der Waals surface area contributed by atoms with Crippen LogP contribution in [0.4, 0.5) is 0 Å². The standard InChI is InChI=1S/C28H45IO12/c29-6-7-32-8-9-33-10-11-34-12-13-35-14-15-36-16-17-37-18-19-38-20-21-39-22-23-40-24-25-41-28(31)27(30)26-4-2-1-3-5-26/h1-5H,6-25H2. The average Bonchev–Trinajstić information content (AvgIpc) is 3.00. The number of carbonyl (C=O) groups is 2. The number of hydrogen-bond donors (Lipinski definition) is 0. The van der Waals surface area contributed by atoms with Crippen molar-refractivity contribution in [2.45, 2.75) is 0 Å². The molecule has 0 aliphatic carbocycles. The van der Waals surface area contributed by atoms with Crippen molar-refractivity contribution in [2.24, 2.45) is 0 Å². The summed E-state index contributed by atoms with van der Waals surface area (Å²) in [4.78, 5) is 23.6. The van der Waals surface area contributed by atoms with Crippen LogP contribution in [0.25, 0.3) is 0 Å². The van der Waals surface area contributed by atoms with Gasteiger partial charge in [0.25, 0.3) is 5.78 Å². The van der Waals surface area contributed by atoms with Crippen LogP contribution in [0.15, 0.2) is 30.3 Å². The number of ketones is 1. The summed E-state index contributed by atoms with van der Waals surface area (Å²) < 4.78 is 54.5. The molecule has 12 nitrogen and oxygen atoms in total. The molecule has 0 atom stereocenters. The second kappa shape index (κ2) is 30.2. The van der Waals surface area contributed by atoms with Gasteiger partial charge in [-0.2, -0.15) is 0 Å². The lowest BCUT2D eigenvalue weighted by Gasteiger charge is -2.09. The number of benzene rings is 1. The molecule has 0 spiro atoms. The number of Topliss-reactive ketones (excluding diaryl/α,β-unsaturated/α-hetero) is 1. The second-order valence-electron chi connectivity index (χ2n) is 8.03. The second-order valence-corrected chi connectivity index (χ2v) is 9.11. The molecule has 41 heavy (non-hydrogen) atoms. The first-order valence-corrected chi connectivity index (χ1v) is 15.3. The van der Waals surface area contributed by atoms with Crippen LogP contribution in [-0.2, 0) is 52.2 Å². The Kier molecular flexibility index (Phi) is 27.8. The molecule has 0 heterocycles. The third-order valence-electron chi connectivity index (χ3n) is 4.88. The van der Waals surface area contributed by atoms with Gasteiger partial charge in [-0.05, 0) is 0 Å². The predicted octanol–water partition coefficient (Wildman–Crippen LogP) is 2.00. The summed E-state index contributed by atoms with van der Waals surface area (Å²) in [6.45, 7) is 8.80. The van der Waals surface area contributed by atoms with Crippen LogP contribution in [0.2, 0.25) is 0 Å². The molecule has 0 N–H and O–H groups in total. The molecule has 0 unspecified atom stereocenters. The normalized spacial score (nSPS) is 11.1. The van der Waals surface area contributed by atoms with Gasteiger partial charge in [-0.1, -0.05) is 52.9 Å². The monoisotopic (exact) mass is 700 g/mol. The van der Waals surface area contributed by atoms with Crippen LogP contribution in [0.1, 0.15) is 10.4 Å². The van der Waals surface area contributed by atoms with Crippen molar-refractivity contribution < 1.29 is 57.0 Å². The molecule has 0 bridgehead atoms. The molecule has 0 aliphatic rings. The zero-order valence-corrected chi connectivity index (χ0v) is 26.0. The van der Waals surface area contributed by atoms with E-state index in [4.69, 9.17) is 47.4 Å². The van der Waals surface area contributed by atoms with Crippen molar-refractivity contribution in [2.75, 3.05) is 130 Å². The smallest absolute Gasteiger partial charge is 0.379 e. The highest BCUT2D eigenvalue weighted by atomic mass is 127. The Morgan fingerprint density at radius 3 is 1.05 bits per heavy atom. The van der Waals surface area contributed by atoms with E-state index in [1.165, 1.54) is 0 Å². The van der Waals surface area contributed by atoms with Crippen molar-refractivity contribution in [1.82, 2.24) is 0 Å². The molecule has 0 aromatic heterocycles. The fourth-order valence-corrected chi connectivity index (χ4v) is 3.19. The molecule has 0 radical (unpaired) electrons. The maximum atomic E-state index is 11.9. The molecule has 1 rings (SSSR count). The van der Waals surface area contributed by atoms with Gasteiger partial charge in [0.15, 0.2) is 0 Å². The average molecular weight is 701 g/mol. The maximum absolute atomic E-state index is 11.9. The van der Waals surface area contributed by atoms with Gasteiger partial charge in [0, 0.05) is 9.99 Å². The fraction of sp³-hybridized carbons (Fsp3) is 0.714. The number of ether oxygens (including phenoxy) is 10. The van der Waals surface area contributed by atoms with E-state index in [-0.39, 0.29) is 13.2 Å². The molecule has 1 aromatic rings. The van der Waals surface area contributed by atoms with Crippen LogP contribution in [0.3, 0.4) is 0 Å². The van der Waals surface area contributed by atoms with Crippen molar-refractivity contribution >= 4 is 34.3 Å². The molecule has 236 valence electrons. The lowest BCUT2D eigenvalue weighted by atomic mass is 10.1. The van der Waals surface area contributed by atoms with E-state index in [1.54, 1.807) is 30.3 Å². The number of halogens is 1. The molecular formula is C28H45IO12. The van der Waals surface area contributed by atoms with Gasteiger partial charge in [-0.25, -0.2) is 4.79 Å². The van der Waals surface area contributed by atoms with Crippen LogP contribution >= 0.6 is 22.6 Å².